The van der Waals surface area contributed by atoms with Crippen molar-refractivity contribution >= 4 is 5.91 Å². The maximum absolute atomic E-state index is 11.5. The second kappa shape index (κ2) is 6.10. The first-order valence-electron chi connectivity index (χ1n) is 4.52. The molecule has 0 aliphatic heterocycles. The lowest BCUT2D eigenvalue weighted by molar-refractivity contribution is -0.0974. The van der Waals surface area contributed by atoms with Crippen molar-refractivity contribution in [3.05, 3.63) is 30.1 Å². The van der Waals surface area contributed by atoms with E-state index in [1.54, 1.807) is 24.4 Å². The normalized spacial score (nSPS) is 10.3. The Hall–Kier alpha value is -1.46. The lowest BCUT2D eigenvalue weighted by Gasteiger charge is -2.13. The maximum atomic E-state index is 11.5. The third-order valence-electron chi connectivity index (χ3n) is 1.85. The zero-order valence-electron chi connectivity index (χ0n) is 8.77. The molecule has 1 rings (SSSR count). The first kappa shape index (κ1) is 11.6. The number of pyridine rings is 1. The number of rotatable bonds is 5. The smallest absolute Gasteiger partial charge is 0.270 e. The van der Waals surface area contributed by atoms with Crippen molar-refractivity contribution in [2.24, 2.45) is 0 Å². The van der Waals surface area contributed by atoms with Crippen LogP contribution in [0.1, 0.15) is 10.5 Å². The van der Waals surface area contributed by atoms with Crippen molar-refractivity contribution in [1.29, 1.82) is 0 Å². The predicted molar refractivity (Wildman–Crippen MR) is 54.4 cm³/mol. The molecule has 1 aromatic heterocycles. The molecule has 1 aromatic rings. The number of hydrogen-bond donors (Lipinski definition) is 1. The molecule has 0 saturated heterocycles. The number of carbonyl (C=O) groups excluding carboxylic acids is 1. The quantitative estimate of drug-likeness (QED) is 0.716. The third kappa shape index (κ3) is 3.65. The minimum Gasteiger partial charge on any atom is -0.354 e. The van der Waals surface area contributed by atoms with E-state index in [1.807, 2.05) is 0 Å². The van der Waals surface area contributed by atoms with Crippen LogP contribution in [-0.4, -0.2) is 37.9 Å². The molecule has 0 spiro atoms. The molecular formula is C10H14N2O3. The largest absolute Gasteiger partial charge is 0.354 e. The molecule has 0 aliphatic rings. The van der Waals surface area contributed by atoms with Crippen molar-refractivity contribution < 1.29 is 14.3 Å². The molecule has 0 fully saturated rings. The summed E-state index contributed by atoms with van der Waals surface area (Å²) in [4.78, 5) is 15.4. The van der Waals surface area contributed by atoms with Crippen LogP contribution < -0.4 is 5.32 Å². The van der Waals surface area contributed by atoms with Gasteiger partial charge in [-0.2, -0.15) is 0 Å². The van der Waals surface area contributed by atoms with E-state index in [-0.39, 0.29) is 5.91 Å². The second-order valence-electron chi connectivity index (χ2n) is 2.83. The van der Waals surface area contributed by atoms with Gasteiger partial charge in [0.2, 0.25) is 0 Å². The zero-order valence-corrected chi connectivity index (χ0v) is 8.77. The van der Waals surface area contributed by atoms with Crippen LogP contribution in [0, 0.1) is 0 Å². The fourth-order valence-electron chi connectivity index (χ4n) is 1.03. The van der Waals surface area contributed by atoms with Crippen LogP contribution in [0.25, 0.3) is 0 Å². The SMILES string of the molecule is COC(CNC(=O)c1ccccn1)OC. The van der Waals surface area contributed by atoms with Gasteiger partial charge in [-0.05, 0) is 12.1 Å². The molecule has 0 aromatic carbocycles. The van der Waals surface area contributed by atoms with E-state index >= 15 is 0 Å². The number of amides is 1. The van der Waals surface area contributed by atoms with Crippen LogP contribution in [0.2, 0.25) is 0 Å². The highest BCUT2D eigenvalue weighted by atomic mass is 16.7. The summed E-state index contributed by atoms with van der Waals surface area (Å²) < 4.78 is 9.86. The summed E-state index contributed by atoms with van der Waals surface area (Å²) in [5.74, 6) is -0.241. The van der Waals surface area contributed by atoms with Crippen LogP contribution >= 0.6 is 0 Å². The molecule has 0 atom stereocenters. The highest BCUT2D eigenvalue weighted by Gasteiger charge is 2.09. The average Bonchev–Trinajstić information content (AvgIpc) is 2.31. The molecule has 82 valence electrons. The van der Waals surface area contributed by atoms with Crippen molar-refractivity contribution in [2.75, 3.05) is 20.8 Å². The number of hydrogen-bond acceptors (Lipinski definition) is 4. The number of aromatic nitrogens is 1. The molecule has 5 heteroatoms. The van der Waals surface area contributed by atoms with Gasteiger partial charge < -0.3 is 14.8 Å². The molecule has 0 radical (unpaired) electrons. The lowest BCUT2D eigenvalue weighted by atomic mass is 10.3. The van der Waals surface area contributed by atoms with E-state index in [0.29, 0.717) is 12.2 Å². The highest BCUT2D eigenvalue weighted by Crippen LogP contribution is 1.94. The van der Waals surface area contributed by atoms with Crippen molar-refractivity contribution in [1.82, 2.24) is 10.3 Å². The number of ether oxygens (including phenoxy) is 2. The monoisotopic (exact) mass is 210 g/mol. The zero-order chi connectivity index (χ0) is 11.1. The minimum atomic E-state index is -0.433. The second-order valence-corrected chi connectivity index (χ2v) is 2.83. The van der Waals surface area contributed by atoms with Gasteiger partial charge in [-0.15, -0.1) is 0 Å². The van der Waals surface area contributed by atoms with Gasteiger partial charge in [-0.1, -0.05) is 6.07 Å². The summed E-state index contributed by atoms with van der Waals surface area (Å²) in [5.41, 5.74) is 0.378. The van der Waals surface area contributed by atoms with Gasteiger partial charge in [0, 0.05) is 20.4 Å². The fourth-order valence-corrected chi connectivity index (χ4v) is 1.03. The molecule has 1 amide bonds. The van der Waals surface area contributed by atoms with Crippen molar-refractivity contribution in [3.63, 3.8) is 0 Å². The van der Waals surface area contributed by atoms with Crippen molar-refractivity contribution in [2.45, 2.75) is 6.29 Å². The number of nitrogens with one attached hydrogen (secondary N) is 1. The summed E-state index contributed by atoms with van der Waals surface area (Å²) in [6, 6.07) is 5.15. The molecule has 1 heterocycles. The molecule has 1 N–H and O–H groups in total. The Balaban J connectivity index is 2.43. The van der Waals surface area contributed by atoms with E-state index in [1.165, 1.54) is 14.2 Å². The van der Waals surface area contributed by atoms with Crippen molar-refractivity contribution in [3.8, 4) is 0 Å². The topological polar surface area (TPSA) is 60.5 Å². The van der Waals surface area contributed by atoms with Crippen LogP contribution in [0.5, 0.6) is 0 Å². The summed E-state index contributed by atoms with van der Waals surface area (Å²) in [6.45, 7) is 0.294. The molecule has 5 nitrogen and oxygen atoms in total. The number of carbonyl (C=O) groups is 1. The Kier molecular flexibility index (Phi) is 4.73. The average molecular weight is 210 g/mol. The fraction of sp³-hybridized carbons (Fsp3) is 0.400. The molecular weight excluding hydrogens is 196 g/mol. The van der Waals surface area contributed by atoms with E-state index in [0.717, 1.165) is 0 Å². The Labute approximate surface area is 88.4 Å². The summed E-state index contributed by atoms with van der Waals surface area (Å²) in [5, 5.41) is 2.65. The lowest BCUT2D eigenvalue weighted by Crippen LogP contribution is -2.34. The Morgan fingerprint density at radius 2 is 2.20 bits per heavy atom. The van der Waals surface area contributed by atoms with Crippen LogP contribution in [0.3, 0.4) is 0 Å². The predicted octanol–water partition coefficient (Wildman–Crippen LogP) is 0.430. The Morgan fingerprint density at radius 3 is 2.73 bits per heavy atom. The molecule has 0 saturated carbocycles. The van der Waals surface area contributed by atoms with Gasteiger partial charge in [0.15, 0.2) is 6.29 Å². The highest BCUT2D eigenvalue weighted by molar-refractivity contribution is 5.92. The van der Waals surface area contributed by atoms with Crippen LogP contribution in [0.4, 0.5) is 0 Å². The molecule has 15 heavy (non-hydrogen) atoms. The standard InChI is InChI=1S/C10H14N2O3/c1-14-9(15-2)7-12-10(13)8-5-3-4-6-11-8/h3-6,9H,7H2,1-2H3,(H,12,13). The summed E-state index contributed by atoms with van der Waals surface area (Å²) in [6.07, 6.45) is 1.14. The summed E-state index contributed by atoms with van der Waals surface area (Å²) >= 11 is 0. The van der Waals surface area contributed by atoms with Gasteiger partial charge in [-0.25, -0.2) is 0 Å². The number of methoxy groups -OCH3 is 2. The molecule has 0 unspecified atom stereocenters. The van der Waals surface area contributed by atoms with Gasteiger partial charge in [0.1, 0.15) is 5.69 Å². The Bertz CT molecular complexity index is 299. The maximum Gasteiger partial charge on any atom is 0.270 e. The van der Waals surface area contributed by atoms with Crippen LogP contribution in [0.15, 0.2) is 24.4 Å². The third-order valence-corrected chi connectivity index (χ3v) is 1.85. The molecule has 0 bridgehead atoms. The number of nitrogens with zero attached hydrogens (tertiary/aromatic N) is 1. The van der Waals surface area contributed by atoms with E-state index in [9.17, 15) is 4.79 Å². The van der Waals surface area contributed by atoms with Gasteiger partial charge in [0.25, 0.3) is 5.91 Å². The minimum absolute atomic E-state index is 0.241. The van der Waals surface area contributed by atoms with Gasteiger partial charge >= 0.3 is 0 Å². The van der Waals surface area contributed by atoms with Gasteiger partial charge in [0.05, 0.1) is 6.54 Å². The first-order chi connectivity index (χ1) is 7.27. The van der Waals surface area contributed by atoms with E-state index < -0.39 is 6.29 Å². The summed E-state index contributed by atoms with van der Waals surface area (Å²) in [7, 11) is 3.03. The Morgan fingerprint density at radius 1 is 1.47 bits per heavy atom. The molecule has 0 aliphatic carbocycles. The van der Waals surface area contributed by atoms with E-state index in [4.69, 9.17) is 9.47 Å². The van der Waals surface area contributed by atoms with Crippen LogP contribution in [-0.2, 0) is 9.47 Å². The first-order valence-corrected chi connectivity index (χ1v) is 4.52. The van der Waals surface area contributed by atoms with Gasteiger partial charge in [-0.3, -0.25) is 9.78 Å². The van der Waals surface area contributed by atoms with E-state index in [2.05, 4.69) is 10.3 Å².